The summed E-state index contributed by atoms with van der Waals surface area (Å²) in [6.07, 6.45) is 0. The van der Waals surface area contributed by atoms with Gasteiger partial charge in [-0.1, -0.05) is 0 Å². The minimum absolute atomic E-state index is 0. The quantitative estimate of drug-likeness (QED) is 0.301. The fraction of sp³-hybridized carbons (Fsp3) is 0. The van der Waals surface area contributed by atoms with Gasteiger partial charge < -0.3 is 24.7 Å². The van der Waals surface area contributed by atoms with Gasteiger partial charge in [0.25, 0.3) is 0 Å². The van der Waals surface area contributed by atoms with Gasteiger partial charge in [-0.15, -0.1) is 0 Å². The summed E-state index contributed by atoms with van der Waals surface area (Å²) in [6.45, 7) is 0. The van der Waals surface area contributed by atoms with Crippen molar-refractivity contribution >= 4 is 66.0 Å². The molecule has 0 saturated heterocycles. The topological polar surface area (TPSA) is 90.2 Å². The van der Waals surface area contributed by atoms with Crippen molar-refractivity contribution in [3.8, 4) is 0 Å². The van der Waals surface area contributed by atoms with E-state index in [1.165, 1.54) is 0 Å². The summed E-state index contributed by atoms with van der Waals surface area (Å²) in [5.74, 6) is 0. The van der Waals surface area contributed by atoms with Crippen LogP contribution in [0.4, 0.5) is 0 Å². The van der Waals surface area contributed by atoms with Gasteiger partial charge in [0.15, 0.2) is 0 Å². The van der Waals surface area contributed by atoms with E-state index in [4.69, 9.17) is 20.1 Å². The van der Waals surface area contributed by atoms with Crippen LogP contribution in [-0.2, 0) is 4.57 Å². The fourth-order valence-corrected chi connectivity index (χ4v) is 0.109. The van der Waals surface area contributed by atoms with E-state index in [9.17, 15) is 0 Å². The van der Waals surface area contributed by atoms with Crippen LogP contribution in [0.1, 0.15) is 0 Å². The van der Waals surface area contributed by atoms with Crippen LogP contribution >= 0.6 is 0 Å². The Balaban J connectivity index is 0. The summed E-state index contributed by atoms with van der Waals surface area (Å²) in [4.78, 5) is 0. The molecule has 0 spiro atoms. The second-order valence-corrected chi connectivity index (χ2v) is 0.789. The minimum atomic E-state index is -2.13. The molecule has 0 aliphatic heterocycles. The monoisotopic (exact) mass is 146 g/mol. The van der Waals surface area contributed by atoms with Crippen molar-refractivity contribution < 1.29 is 24.7 Å². The Bertz CT molecular complexity index is 39.7. The zero-order valence-corrected chi connectivity index (χ0v) is 3.35. The zero-order chi connectivity index (χ0) is 5.86. The number of hydrogen-bond acceptors (Lipinski definition) is 5. The molecule has 0 aromatic carbocycles. The van der Waals surface area contributed by atoms with Gasteiger partial charge in [-0.25, -0.2) is 0 Å². The molecule has 0 heterocycles. The van der Waals surface area contributed by atoms with Gasteiger partial charge in [-0.3, -0.25) is 0 Å². The molecule has 0 saturated carbocycles. The van der Waals surface area contributed by atoms with Crippen molar-refractivity contribution in [2.75, 3.05) is 0 Å². The first-order valence-corrected chi connectivity index (χ1v) is 1.50. The van der Waals surface area contributed by atoms with Crippen molar-refractivity contribution in [3.05, 3.63) is 0 Å². The molecule has 8 heteroatoms. The Morgan fingerprint density at radius 3 is 1.12 bits per heavy atom. The van der Waals surface area contributed by atoms with Crippen molar-refractivity contribution in [2.45, 2.75) is 0 Å². The van der Waals surface area contributed by atoms with Gasteiger partial charge in [0.05, 0.1) is 0 Å². The number of rotatable bonds is 2. The first-order valence-electron chi connectivity index (χ1n) is 1.50. The fourth-order valence-electron chi connectivity index (χ4n) is 0.109. The molecule has 0 rings (SSSR count). The molecule has 0 fully saturated rings. The summed E-state index contributed by atoms with van der Waals surface area (Å²) >= 11 is 0. The molecule has 0 aliphatic rings. The van der Waals surface area contributed by atoms with E-state index < -0.39 is 14.6 Å². The average Bonchev–Trinajstić information content (AvgIpc) is 1.27. The van der Waals surface area contributed by atoms with Crippen LogP contribution in [0, 0.1) is 0 Å². The summed E-state index contributed by atoms with van der Waals surface area (Å²) in [5.41, 5.74) is 0. The van der Waals surface area contributed by atoms with Gasteiger partial charge in [0, 0.05) is 0 Å². The molecule has 0 bridgehead atoms. The van der Waals surface area contributed by atoms with E-state index in [0.717, 1.165) is 0 Å². The molecular formula is H5B2KO5. The maximum atomic E-state index is 7.74. The molecule has 0 aromatic rings. The van der Waals surface area contributed by atoms with Crippen molar-refractivity contribution in [1.29, 1.82) is 0 Å². The third-order valence-electron chi connectivity index (χ3n) is 0.243. The standard InChI is InChI=1S/B2H4O5.K.H/c3-1(4)7-2(5)6;;/h3-6H;;. The van der Waals surface area contributed by atoms with Gasteiger partial charge in [-0.2, -0.15) is 0 Å². The molecule has 8 heavy (non-hydrogen) atoms. The predicted octanol–water partition coefficient (Wildman–Crippen LogP) is -3.71. The second-order valence-electron chi connectivity index (χ2n) is 0.789. The number of hydrogen-bond donors (Lipinski definition) is 4. The molecule has 0 aromatic heterocycles. The second kappa shape index (κ2) is 6.68. The third kappa shape index (κ3) is 10.5. The SMILES string of the molecule is OB(O)OB(O)O.[KH]. The van der Waals surface area contributed by atoms with E-state index >= 15 is 0 Å². The molecule has 0 atom stereocenters. The van der Waals surface area contributed by atoms with Crippen molar-refractivity contribution in [2.24, 2.45) is 0 Å². The Kier molecular flexibility index (Phi) is 10.2. The molecule has 0 radical (unpaired) electrons. The van der Waals surface area contributed by atoms with Crippen LogP contribution in [-0.4, -0.2) is 86.1 Å². The average molecular weight is 146 g/mol. The van der Waals surface area contributed by atoms with Crippen LogP contribution < -0.4 is 0 Å². The van der Waals surface area contributed by atoms with Gasteiger partial charge >= 0.3 is 66.0 Å². The van der Waals surface area contributed by atoms with Crippen molar-refractivity contribution in [1.82, 2.24) is 0 Å². The zero-order valence-electron chi connectivity index (χ0n) is 3.35. The third-order valence-corrected chi connectivity index (χ3v) is 0.243. The molecule has 4 N–H and O–H groups in total. The summed E-state index contributed by atoms with van der Waals surface area (Å²) in [5, 5.41) is 30.9. The Morgan fingerprint density at radius 2 is 1.12 bits per heavy atom. The first kappa shape index (κ1) is 12.3. The predicted molar refractivity (Wildman–Crippen MR) is 28.6 cm³/mol. The molecular weight excluding hydrogens is 141 g/mol. The van der Waals surface area contributed by atoms with Gasteiger partial charge in [0.1, 0.15) is 0 Å². The summed E-state index contributed by atoms with van der Waals surface area (Å²) < 4.78 is 3.47. The van der Waals surface area contributed by atoms with Crippen LogP contribution in [0.5, 0.6) is 0 Å². The Hall–Kier alpha value is 1.57. The van der Waals surface area contributed by atoms with Crippen LogP contribution in [0.3, 0.4) is 0 Å². The molecule has 0 amide bonds. The molecule has 0 aliphatic carbocycles. The van der Waals surface area contributed by atoms with E-state index in [-0.39, 0.29) is 51.4 Å². The molecule has 0 unspecified atom stereocenters. The van der Waals surface area contributed by atoms with Gasteiger partial charge in [-0.05, 0) is 0 Å². The van der Waals surface area contributed by atoms with Gasteiger partial charge in [0.2, 0.25) is 0 Å². The molecule has 5 nitrogen and oxygen atoms in total. The van der Waals surface area contributed by atoms with E-state index in [0.29, 0.717) is 0 Å². The van der Waals surface area contributed by atoms with Crippen LogP contribution in [0.15, 0.2) is 0 Å². The van der Waals surface area contributed by atoms with E-state index in [1.807, 2.05) is 0 Å². The van der Waals surface area contributed by atoms with Crippen LogP contribution in [0.2, 0.25) is 0 Å². The van der Waals surface area contributed by atoms with E-state index in [2.05, 4.69) is 4.57 Å². The summed E-state index contributed by atoms with van der Waals surface area (Å²) in [6, 6.07) is 0. The first-order chi connectivity index (χ1) is 3.13. The normalized spacial score (nSPS) is 7.50. The molecule has 42 valence electrons. The summed E-state index contributed by atoms with van der Waals surface area (Å²) in [7, 11) is -4.25. The Morgan fingerprint density at radius 1 is 0.875 bits per heavy atom. The van der Waals surface area contributed by atoms with E-state index in [1.54, 1.807) is 0 Å². The Labute approximate surface area is 89.4 Å². The van der Waals surface area contributed by atoms with Crippen molar-refractivity contribution in [3.63, 3.8) is 0 Å². The van der Waals surface area contributed by atoms with Crippen LogP contribution in [0.25, 0.3) is 0 Å². The maximum absolute atomic E-state index is 7.74.